The number of allylic oxidation sites excluding steroid dienone is 1. The van der Waals surface area contributed by atoms with Crippen molar-refractivity contribution in [2.45, 2.75) is 50.9 Å². The molecule has 2 aliphatic carbocycles. The lowest BCUT2D eigenvalue weighted by atomic mass is 9.93. The third-order valence-corrected chi connectivity index (χ3v) is 4.95. The fraction of sp³-hybridized carbons (Fsp3) is 0.588. The van der Waals surface area contributed by atoms with Crippen LogP contribution < -0.4 is 11.1 Å². The van der Waals surface area contributed by atoms with Crippen LogP contribution in [0.25, 0.3) is 0 Å². The highest BCUT2D eigenvalue weighted by Crippen LogP contribution is 2.33. The highest BCUT2D eigenvalue weighted by molar-refractivity contribution is 6.09. The van der Waals surface area contributed by atoms with E-state index in [-0.39, 0.29) is 6.29 Å². The first-order valence-corrected chi connectivity index (χ1v) is 8.55. The van der Waals surface area contributed by atoms with Crippen LogP contribution in [0.2, 0.25) is 0 Å². The number of aromatic nitrogens is 2. The third kappa shape index (κ3) is 3.22. The standard InChI is InChI=1S/C17H24N6/c1-23-8-7-14(22-17(23)20-12-3-2-4-12)13-10-19-16(18)21-15(13)9-11-5-6-11/h7-8,10-12,17,20H,2-6,9H2,1H3,(H2,18,19,21). The van der Waals surface area contributed by atoms with Crippen molar-refractivity contribution < 1.29 is 0 Å². The lowest BCUT2D eigenvalue weighted by Crippen LogP contribution is -2.49. The van der Waals surface area contributed by atoms with Gasteiger partial charge in [-0.05, 0) is 44.1 Å². The second-order valence-electron chi connectivity index (χ2n) is 6.90. The van der Waals surface area contributed by atoms with Crippen LogP contribution in [0.5, 0.6) is 0 Å². The van der Waals surface area contributed by atoms with Crippen LogP contribution in [-0.4, -0.2) is 40.0 Å². The highest BCUT2D eigenvalue weighted by Gasteiger charge is 2.27. The van der Waals surface area contributed by atoms with E-state index in [0.717, 1.165) is 29.3 Å². The summed E-state index contributed by atoms with van der Waals surface area (Å²) in [5.74, 6) is 1.11. The Kier molecular flexibility index (Phi) is 3.77. The molecular weight excluding hydrogens is 288 g/mol. The molecule has 1 aromatic rings. The van der Waals surface area contributed by atoms with Crippen molar-refractivity contribution in [1.82, 2.24) is 20.2 Å². The Morgan fingerprint density at radius 3 is 2.83 bits per heavy atom. The van der Waals surface area contributed by atoms with Gasteiger partial charge >= 0.3 is 0 Å². The molecule has 0 bridgehead atoms. The van der Waals surface area contributed by atoms with Crippen LogP contribution in [0.4, 0.5) is 5.95 Å². The molecule has 122 valence electrons. The van der Waals surface area contributed by atoms with Crippen molar-refractivity contribution in [3.05, 3.63) is 29.7 Å². The van der Waals surface area contributed by atoms with Crippen molar-refractivity contribution in [2.24, 2.45) is 10.9 Å². The van der Waals surface area contributed by atoms with Crippen LogP contribution >= 0.6 is 0 Å². The fourth-order valence-electron chi connectivity index (χ4n) is 3.03. The smallest absolute Gasteiger partial charge is 0.220 e. The second kappa shape index (κ2) is 5.92. The lowest BCUT2D eigenvalue weighted by Gasteiger charge is -2.35. The van der Waals surface area contributed by atoms with E-state index in [9.17, 15) is 0 Å². The lowest BCUT2D eigenvalue weighted by molar-refractivity contribution is 0.212. The van der Waals surface area contributed by atoms with E-state index in [2.05, 4.69) is 33.4 Å². The predicted octanol–water partition coefficient (Wildman–Crippen LogP) is 1.69. The van der Waals surface area contributed by atoms with Gasteiger partial charge in [-0.2, -0.15) is 0 Å². The average Bonchev–Trinajstić information content (AvgIpc) is 3.29. The molecule has 2 fully saturated rings. The normalized spacial score (nSPS) is 24.5. The molecule has 0 amide bonds. The van der Waals surface area contributed by atoms with E-state index in [1.54, 1.807) is 0 Å². The largest absolute Gasteiger partial charge is 0.368 e. The molecule has 1 aromatic heterocycles. The first-order chi connectivity index (χ1) is 11.2. The SMILES string of the molecule is CN1C=CC(c2cnc(N)nc2CC2CC2)=NC1NC1CCC1. The van der Waals surface area contributed by atoms with Gasteiger partial charge in [-0.15, -0.1) is 0 Å². The third-order valence-electron chi connectivity index (χ3n) is 4.95. The van der Waals surface area contributed by atoms with Gasteiger partial charge in [0.25, 0.3) is 0 Å². The molecule has 0 radical (unpaired) electrons. The maximum atomic E-state index is 5.79. The zero-order chi connectivity index (χ0) is 15.8. The van der Waals surface area contributed by atoms with Crippen molar-refractivity contribution in [1.29, 1.82) is 0 Å². The van der Waals surface area contributed by atoms with Crippen molar-refractivity contribution in [3.63, 3.8) is 0 Å². The molecule has 3 N–H and O–H groups in total. The van der Waals surface area contributed by atoms with Crippen LogP contribution in [0.1, 0.15) is 43.4 Å². The number of nitrogens with two attached hydrogens (primary N) is 1. The molecule has 6 nitrogen and oxygen atoms in total. The molecule has 6 heteroatoms. The summed E-state index contributed by atoms with van der Waals surface area (Å²) in [7, 11) is 2.05. The number of nitrogens with zero attached hydrogens (tertiary/aromatic N) is 4. The average molecular weight is 312 g/mol. The number of nitrogen functional groups attached to an aromatic ring is 1. The Balaban J connectivity index is 1.60. The van der Waals surface area contributed by atoms with Crippen molar-refractivity contribution >= 4 is 11.7 Å². The summed E-state index contributed by atoms with van der Waals surface area (Å²) < 4.78 is 0. The van der Waals surface area contributed by atoms with E-state index >= 15 is 0 Å². The number of rotatable bonds is 5. The Morgan fingerprint density at radius 2 is 2.13 bits per heavy atom. The van der Waals surface area contributed by atoms with Gasteiger partial charge in [-0.3, -0.25) is 5.32 Å². The highest BCUT2D eigenvalue weighted by atomic mass is 15.4. The number of hydrogen-bond donors (Lipinski definition) is 2. The molecule has 0 aromatic carbocycles. The summed E-state index contributed by atoms with van der Waals surface area (Å²) >= 11 is 0. The van der Waals surface area contributed by atoms with E-state index in [1.807, 2.05) is 12.3 Å². The van der Waals surface area contributed by atoms with Crippen LogP contribution in [0.15, 0.2) is 23.5 Å². The Bertz CT molecular complexity index is 644. The van der Waals surface area contributed by atoms with E-state index in [0.29, 0.717) is 12.0 Å². The molecule has 1 aliphatic heterocycles. The molecule has 1 unspecified atom stereocenters. The van der Waals surface area contributed by atoms with E-state index < -0.39 is 0 Å². The van der Waals surface area contributed by atoms with Gasteiger partial charge in [-0.25, -0.2) is 15.0 Å². The molecule has 3 aliphatic rings. The molecule has 4 rings (SSSR count). The second-order valence-corrected chi connectivity index (χ2v) is 6.90. The van der Waals surface area contributed by atoms with Gasteiger partial charge in [0.2, 0.25) is 5.95 Å². The van der Waals surface area contributed by atoms with Crippen molar-refractivity contribution in [2.75, 3.05) is 12.8 Å². The Hall–Kier alpha value is -1.95. The number of hydrogen-bond acceptors (Lipinski definition) is 6. The maximum Gasteiger partial charge on any atom is 0.220 e. The monoisotopic (exact) mass is 312 g/mol. The molecule has 23 heavy (non-hydrogen) atoms. The zero-order valence-corrected chi connectivity index (χ0v) is 13.6. The summed E-state index contributed by atoms with van der Waals surface area (Å²) in [6.45, 7) is 0. The Labute approximate surface area is 136 Å². The van der Waals surface area contributed by atoms with Crippen LogP contribution in [0, 0.1) is 5.92 Å². The maximum absolute atomic E-state index is 5.79. The van der Waals surface area contributed by atoms with Gasteiger partial charge in [0.05, 0.1) is 11.4 Å². The quantitative estimate of drug-likeness (QED) is 0.865. The number of aliphatic imine (C=N–C) groups is 1. The minimum atomic E-state index is -0.00775. The van der Waals surface area contributed by atoms with Gasteiger partial charge in [-0.1, -0.05) is 6.42 Å². The molecule has 0 spiro atoms. The topological polar surface area (TPSA) is 79.4 Å². The van der Waals surface area contributed by atoms with Crippen LogP contribution in [-0.2, 0) is 6.42 Å². The summed E-state index contributed by atoms with van der Waals surface area (Å²) in [6.07, 6.45) is 13.3. The summed E-state index contributed by atoms with van der Waals surface area (Å²) in [5, 5.41) is 3.61. The van der Waals surface area contributed by atoms with Gasteiger partial charge < -0.3 is 10.6 Å². The van der Waals surface area contributed by atoms with Gasteiger partial charge in [0.15, 0.2) is 6.29 Å². The molecule has 0 saturated heterocycles. The first kappa shape index (κ1) is 14.6. The molecule has 2 heterocycles. The predicted molar refractivity (Wildman–Crippen MR) is 90.9 cm³/mol. The fourth-order valence-corrected chi connectivity index (χ4v) is 3.03. The van der Waals surface area contributed by atoms with Crippen LogP contribution in [0.3, 0.4) is 0 Å². The minimum absolute atomic E-state index is 0.00775. The Morgan fingerprint density at radius 1 is 1.30 bits per heavy atom. The zero-order valence-electron chi connectivity index (χ0n) is 13.6. The summed E-state index contributed by atoms with van der Waals surface area (Å²) in [5.41, 5.74) is 8.81. The first-order valence-electron chi connectivity index (χ1n) is 8.55. The molecular formula is C17H24N6. The number of nitrogens with one attached hydrogen (secondary N) is 1. The van der Waals surface area contributed by atoms with Crippen molar-refractivity contribution in [3.8, 4) is 0 Å². The summed E-state index contributed by atoms with van der Waals surface area (Å²) in [6, 6.07) is 0.590. The molecule has 1 atom stereocenters. The minimum Gasteiger partial charge on any atom is -0.368 e. The molecule has 2 saturated carbocycles. The number of anilines is 1. The van der Waals surface area contributed by atoms with E-state index in [1.165, 1.54) is 32.1 Å². The van der Waals surface area contributed by atoms with Gasteiger partial charge in [0.1, 0.15) is 0 Å². The van der Waals surface area contributed by atoms with Gasteiger partial charge in [0, 0.05) is 31.0 Å². The van der Waals surface area contributed by atoms with E-state index in [4.69, 9.17) is 10.7 Å². The summed E-state index contributed by atoms with van der Waals surface area (Å²) in [4.78, 5) is 15.7.